The lowest BCUT2D eigenvalue weighted by Crippen LogP contribution is -2.22. The molecule has 0 rings (SSSR count). The van der Waals surface area contributed by atoms with Gasteiger partial charge < -0.3 is 4.74 Å². The van der Waals surface area contributed by atoms with E-state index in [2.05, 4.69) is 0 Å². The number of rotatable bonds is 4. The number of carbonyl (C=O) groups is 2. The molecule has 0 aromatic carbocycles. The van der Waals surface area contributed by atoms with Crippen LogP contribution in [0.4, 0.5) is 0 Å². The van der Waals surface area contributed by atoms with E-state index in [1.807, 2.05) is 5.32 Å². The van der Waals surface area contributed by atoms with Crippen LogP contribution in [0.2, 0.25) is 0 Å². The molecule has 0 aliphatic heterocycles. The highest BCUT2D eigenvalue weighted by atomic mass is 16.5. The Morgan fingerprint density at radius 2 is 2.42 bits per heavy atom. The number of nitrogens with zero attached hydrogens (tertiary/aromatic N) is 1. The summed E-state index contributed by atoms with van der Waals surface area (Å²) < 4.78 is 4.69. The Labute approximate surface area is 69.6 Å². The van der Waals surface area contributed by atoms with Crippen LogP contribution in [0.15, 0.2) is 11.8 Å². The Balaban J connectivity index is 4.25. The largest absolute Gasteiger partial charge is 0.500 e. The average molecular weight is 168 g/mol. The molecule has 0 atom stereocenters. The van der Waals surface area contributed by atoms with Gasteiger partial charge in [0.1, 0.15) is 12.3 Å². The van der Waals surface area contributed by atoms with Gasteiger partial charge in [-0.3, -0.25) is 14.9 Å². The Morgan fingerprint density at radius 1 is 1.75 bits per heavy atom. The second-order valence-corrected chi connectivity index (χ2v) is 1.69. The van der Waals surface area contributed by atoms with Gasteiger partial charge in [-0.05, 0) is 6.92 Å². The zero-order chi connectivity index (χ0) is 9.40. The van der Waals surface area contributed by atoms with Gasteiger partial charge in [0.25, 0.3) is 5.91 Å². The molecule has 0 aromatic rings. The quantitative estimate of drug-likeness (QED) is 0.270. The van der Waals surface area contributed by atoms with Gasteiger partial charge in [-0.2, -0.15) is 5.26 Å². The molecule has 12 heavy (non-hydrogen) atoms. The predicted molar refractivity (Wildman–Crippen MR) is 39.5 cm³/mol. The summed E-state index contributed by atoms with van der Waals surface area (Å²) in [6, 6.07) is 1.59. The topological polar surface area (TPSA) is 79.2 Å². The fourth-order valence-electron chi connectivity index (χ4n) is 0.429. The normalized spacial score (nSPS) is 9.83. The van der Waals surface area contributed by atoms with Gasteiger partial charge in [-0.25, -0.2) is 0 Å². The van der Waals surface area contributed by atoms with E-state index in [-0.39, 0.29) is 12.0 Å². The van der Waals surface area contributed by atoms with E-state index in [1.54, 1.807) is 13.0 Å². The summed E-state index contributed by atoms with van der Waals surface area (Å²) in [5.74, 6) is -0.763. The minimum absolute atomic E-state index is 0.208. The molecule has 5 heteroatoms. The number of hydrogen-bond acceptors (Lipinski definition) is 4. The molecule has 0 fully saturated rings. The first kappa shape index (κ1) is 10.2. The van der Waals surface area contributed by atoms with Gasteiger partial charge in [-0.1, -0.05) is 0 Å². The Bertz CT molecular complexity index is 240. The van der Waals surface area contributed by atoms with Gasteiger partial charge in [0.2, 0.25) is 6.41 Å². The highest BCUT2D eigenvalue weighted by molar-refractivity contribution is 6.01. The summed E-state index contributed by atoms with van der Waals surface area (Å²) >= 11 is 0. The molecule has 0 unspecified atom stereocenters. The van der Waals surface area contributed by atoms with Gasteiger partial charge >= 0.3 is 0 Å². The van der Waals surface area contributed by atoms with Crippen molar-refractivity contribution in [3.8, 4) is 6.07 Å². The van der Waals surface area contributed by atoms with Crippen molar-refractivity contribution in [2.75, 3.05) is 6.61 Å². The molecule has 5 nitrogen and oxygen atoms in total. The Kier molecular flexibility index (Phi) is 5.02. The van der Waals surface area contributed by atoms with Crippen molar-refractivity contribution in [2.45, 2.75) is 6.92 Å². The van der Waals surface area contributed by atoms with Gasteiger partial charge in [-0.15, -0.1) is 0 Å². The van der Waals surface area contributed by atoms with E-state index in [0.717, 1.165) is 6.26 Å². The molecule has 0 aliphatic rings. The van der Waals surface area contributed by atoms with Crippen molar-refractivity contribution >= 4 is 12.3 Å². The van der Waals surface area contributed by atoms with Crippen LogP contribution in [-0.4, -0.2) is 18.9 Å². The molecule has 0 spiro atoms. The van der Waals surface area contributed by atoms with Gasteiger partial charge in [0.15, 0.2) is 5.57 Å². The number of nitriles is 1. The highest BCUT2D eigenvalue weighted by Gasteiger charge is 2.06. The van der Waals surface area contributed by atoms with Crippen molar-refractivity contribution in [2.24, 2.45) is 0 Å². The molecule has 64 valence electrons. The van der Waals surface area contributed by atoms with Crippen molar-refractivity contribution in [3.63, 3.8) is 0 Å². The summed E-state index contributed by atoms with van der Waals surface area (Å²) in [6.45, 7) is 2.07. The first-order valence-electron chi connectivity index (χ1n) is 3.22. The van der Waals surface area contributed by atoms with Crippen LogP contribution in [-0.2, 0) is 14.3 Å². The molecule has 0 bridgehead atoms. The van der Waals surface area contributed by atoms with E-state index in [4.69, 9.17) is 10.00 Å². The standard InChI is InChI=1S/C7H8N2O3/c1-2-12-4-6(3-8)7(11)9-5-10/h4-5H,2H2,1H3,(H,9,10,11)/b6-4+. The lowest BCUT2D eigenvalue weighted by Gasteiger charge is -1.96. The number of amides is 2. The second kappa shape index (κ2) is 5.92. The summed E-state index contributed by atoms with van der Waals surface area (Å²) in [5.41, 5.74) is -0.232. The van der Waals surface area contributed by atoms with E-state index in [9.17, 15) is 9.59 Å². The van der Waals surface area contributed by atoms with Crippen LogP contribution >= 0.6 is 0 Å². The van der Waals surface area contributed by atoms with E-state index >= 15 is 0 Å². The van der Waals surface area contributed by atoms with E-state index in [1.165, 1.54) is 0 Å². The molecule has 0 radical (unpaired) electrons. The molecule has 0 saturated carbocycles. The fraction of sp³-hybridized carbons (Fsp3) is 0.286. The monoisotopic (exact) mass is 168 g/mol. The molecule has 1 N–H and O–H groups in total. The number of carbonyl (C=O) groups excluding carboxylic acids is 2. The van der Waals surface area contributed by atoms with Crippen molar-refractivity contribution < 1.29 is 14.3 Å². The predicted octanol–water partition coefficient (Wildman–Crippen LogP) is -0.297. The molecule has 2 amide bonds. The Morgan fingerprint density at radius 3 is 2.83 bits per heavy atom. The molecule has 0 aliphatic carbocycles. The van der Waals surface area contributed by atoms with Crippen molar-refractivity contribution in [3.05, 3.63) is 11.8 Å². The maximum Gasteiger partial charge on any atom is 0.271 e. The maximum absolute atomic E-state index is 10.8. The van der Waals surface area contributed by atoms with Gasteiger partial charge in [0.05, 0.1) is 6.61 Å². The summed E-state index contributed by atoms with van der Waals surface area (Å²) in [5, 5.41) is 10.2. The molecular formula is C7H8N2O3. The molecule has 0 saturated heterocycles. The lowest BCUT2D eigenvalue weighted by molar-refractivity contribution is -0.122. The summed E-state index contributed by atoms with van der Waals surface area (Å²) in [6.07, 6.45) is 1.22. The number of nitrogens with one attached hydrogen (secondary N) is 1. The zero-order valence-corrected chi connectivity index (χ0v) is 6.53. The minimum Gasteiger partial charge on any atom is -0.500 e. The van der Waals surface area contributed by atoms with E-state index < -0.39 is 5.91 Å². The van der Waals surface area contributed by atoms with Crippen LogP contribution in [0.25, 0.3) is 0 Å². The van der Waals surface area contributed by atoms with Crippen molar-refractivity contribution in [1.82, 2.24) is 5.32 Å². The Hall–Kier alpha value is -1.83. The lowest BCUT2D eigenvalue weighted by atomic mass is 10.3. The second-order valence-electron chi connectivity index (χ2n) is 1.69. The third-order valence-corrected chi connectivity index (χ3v) is 0.923. The molecule has 0 aromatic heterocycles. The van der Waals surface area contributed by atoms with Crippen LogP contribution < -0.4 is 5.32 Å². The van der Waals surface area contributed by atoms with E-state index in [0.29, 0.717) is 6.61 Å². The van der Waals surface area contributed by atoms with Gasteiger partial charge in [0, 0.05) is 0 Å². The average Bonchev–Trinajstić information content (AvgIpc) is 2.06. The molecule has 0 heterocycles. The third-order valence-electron chi connectivity index (χ3n) is 0.923. The first-order valence-corrected chi connectivity index (χ1v) is 3.22. The summed E-state index contributed by atoms with van der Waals surface area (Å²) in [7, 11) is 0. The molecular weight excluding hydrogens is 160 g/mol. The number of hydrogen-bond donors (Lipinski definition) is 1. The summed E-state index contributed by atoms with van der Waals surface area (Å²) in [4.78, 5) is 20.6. The first-order chi connectivity index (χ1) is 5.76. The van der Waals surface area contributed by atoms with Crippen LogP contribution in [0.1, 0.15) is 6.92 Å². The fourth-order valence-corrected chi connectivity index (χ4v) is 0.429. The van der Waals surface area contributed by atoms with Crippen LogP contribution in [0.3, 0.4) is 0 Å². The number of imide groups is 1. The van der Waals surface area contributed by atoms with Crippen LogP contribution in [0, 0.1) is 11.3 Å². The zero-order valence-electron chi connectivity index (χ0n) is 6.53. The SMILES string of the molecule is CCO/C=C(\C#N)C(=O)NC=O. The minimum atomic E-state index is -0.763. The number of ether oxygens (including phenoxy) is 1. The highest BCUT2D eigenvalue weighted by Crippen LogP contribution is 1.92. The smallest absolute Gasteiger partial charge is 0.271 e. The maximum atomic E-state index is 10.8. The van der Waals surface area contributed by atoms with Crippen molar-refractivity contribution in [1.29, 1.82) is 5.26 Å². The third kappa shape index (κ3) is 3.37. The van der Waals surface area contributed by atoms with Crippen LogP contribution in [0.5, 0.6) is 0 Å².